The Labute approximate surface area is 123 Å². The molecule has 100 valence electrons. The van der Waals surface area contributed by atoms with E-state index >= 15 is 0 Å². The van der Waals surface area contributed by atoms with Crippen molar-refractivity contribution in [1.82, 2.24) is 0 Å². The minimum Gasteiger partial charge on any atom is -0.274 e. The first-order valence-electron chi connectivity index (χ1n) is 6.58. The second-order valence-electron chi connectivity index (χ2n) is 4.54. The number of nitrogens with zero attached hydrogens (tertiary/aromatic N) is 1. The maximum Gasteiger partial charge on any atom is 0.249 e. The number of carbonyl (C=O) groups is 1. The van der Waals surface area contributed by atoms with Gasteiger partial charge in [0.05, 0.1) is 5.03 Å². The van der Waals surface area contributed by atoms with Gasteiger partial charge in [0.25, 0.3) is 0 Å². The minimum atomic E-state index is -0.150. The molecule has 0 bridgehead atoms. The van der Waals surface area contributed by atoms with Crippen LogP contribution in [0.25, 0.3) is 0 Å². The zero-order valence-electron chi connectivity index (χ0n) is 11.2. The zero-order valence-corrected chi connectivity index (χ0v) is 12.0. The highest BCUT2D eigenvalue weighted by Crippen LogP contribution is 2.46. The van der Waals surface area contributed by atoms with E-state index in [1.54, 1.807) is 11.8 Å². The van der Waals surface area contributed by atoms with E-state index in [0.717, 1.165) is 16.3 Å². The fraction of sp³-hybridized carbons (Fsp3) is 0.118. The molecule has 1 unspecified atom stereocenters. The van der Waals surface area contributed by atoms with Gasteiger partial charge in [-0.3, -0.25) is 9.69 Å². The highest BCUT2D eigenvalue weighted by molar-refractivity contribution is 8.04. The van der Waals surface area contributed by atoms with Crippen LogP contribution in [0, 0.1) is 0 Å². The van der Waals surface area contributed by atoms with Gasteiger partial charge in [0, 0.05) is 5.69 Å². The summed E-state index contributed by atoms with van der Waals surface area (Å²) in [5, 5.41) is 0.845. The van der Waals surface area contributed by atoms with E-state index in [2.05, 4.69) is 0 Å². The van der Waals surface area contributed by atoms with Gasteiger partial charge in [-0.15, -0.1) is 0 Å². The third-order valence-corrected chi connectivity index (χ3v) is 4.64. The van der Waals surface area contributed by atoms with Gasteiger partial charge in [-0.25, -0.2) is 0 Å². The molecule has 0 N–H and O–H groups in total. The third kappa shape index (κ3) is 2.25. The van der Waals surface area contributed by atoms with Crippen LogP contribution in [0.4, 0.5) is 5.69 Å². The summed E-state index contributed by atoms with van der Waals surface area (Å²) < 4.78 is 0. The quantitative estimate of drug-likeness (QED) is 0.814. The van der Waals surface area contributed by atoms with Gasteiger partial charge < -0.3 is 0 Å². The number of anilines is 1. The zero-order chi connectivity index (χ0) is 13.9. The average molecular weight is 281 g/mol. The van der Waals surface area contributed by atoms with Gasteiger partial charge in [-0.1, -0.05) is 66.4 Å². The SMILES string of the molecule is C/C=C1/SC(c2ccccc2)C(=O)N1c1ccccc1. The van der Waals surface area contributed by atoms with Crippen molar-refractivity contribution in [3.05, 3.63) is 77.3 Å². The summed E-state index contributed by atoms with van der Waals surface area (Å²) in [7, 11) is 0. The van der Waals surface area contributed by atoms with Crippen molar-refractivity contribution in [2.75, 3.05) is 4.90 Å². The number of benzene rings is 2. The first-order valence-corrected chi connectivity index (χ1v) is 7.46. The van der Waals surface area contributed by atoms with Crippen molar-refractivity contribution in [1.29, 1.82) is 0 Å². The first-order chi connectivity index (χ1) is 9.81. The van der Waals surface area contributed by atoms with Crippen LogP contribution < -0.4 is 4.90 Å². The monoisotopic (exact) mass is 281 g/mol. The average Bonchev–Trinajstić information content (AvgIpc) is 2.86. The highest BCUT2D eigenvalue weighted by atomic mass is 32.2. The lowest BCUT2D eigenvalue weighted by Gasteiger charge is -2.17. The largest absolute Gasteiger partial charge is 0.274 e. The van der Waals surface area contributed by atoms with Gasteiger partial charge in [-0.05, 0) is 24.6 Å². The molecule has 0 radical (unpaired) electrons. The molecule has 20 heavy (non-hydrogen) atoms. The number of hydrogen-bond acceptors (Lipinski definition) is 2. The summed E-state index contributed by atoms with van der Waals surface area (Å²) in [4.78, 5) is 14.5. The summed E-state index contributed by atoms with van der Waals surface area (Å²) in [5.74, 6) is 0.125. The van der Waals surface area contributed by atoms with Gasteiger partial charge in [-0.2, -0.15) is 0 Å². The van der Waals surface area contributed by atoms with Gasteiger partial charge >= 0.3 is 0 Å². The lowest BCUT2D eigenvalue weighted by Crippen LogP contribution is -2.25. The summed E-state index contributed by atoms with van der Waals surface area (Å²) in [6, 6.07) is 19.7. The Morgan fingerprint density at radius 1 is 1.00 bits per heavy atom. The molecule has 1 saturated heterocycles. The van der Waals surface area contributed by atoms with Gasteiger partial charge in [0.15, 0.2) is 0 Å². The summed E-state index contributed by atoms with van der Waals surface area (Å²) in [5.41, 5.74) is 1.98. The molecule has 0 aromatic heterocycles. The Balaban J connectivity index is 1.99. The van der Waals surface area contributed by atoms with E-state index in [-0.39, 0.29) is 11.2 Å². The van der Waals surface area contributed by atoms with E-state index in [1.807, 2.05) is 78.6 Å². The number of para-hydroxylation sites is 1. The first kappa shape index (κ1) is 13.0. The van der Waals surface area contributed by atoms with Crippen molar-refractivity contribution in [2.45, 2.75) is 12.2 Å². The molecule has 2 nitrogen and oxygen atoms in total. The summed E-state index contributed by atoms with van der Waals surface area (Å²) in [6.45, 7) is 1.97. The molecule has 1 aliphatic heterocycles. The van der Waals surface area contributed by atoms with Crippen LogP contribution >= 0.6 is 11.8 Å². The number of thioether (sulfide) groups is 1. The molecule has 1 heterocycles. The van der Waals surface area contributed by atoms with E-state index in [1.165, 1.54) is 0 Å². The van der Waals surface area contributed by atoms with E-state index in [9.17, 15) is 4.79 Å². The molecule has 3 heteroatoms. The van der Waals surface area contributed by atoms with Gasteiger partial charge in [0.2, 0.25) is 5.91 Å². The number of allylic oxidation sites excluding steroid dienone is 1. The molecular weight excluding hydrogens is 266 g/mol. The fourth-order valence-electron chi connectivity index (χ4n) is 2.32. The van der Waals surface area contributed by atoms with Crippen LogP contribution in [-0.2, 0) is 4.79 Å². The molecule has 1 aliphatic rings. The van der Waals surface area contributed by atoms with E-state index < -0.39 is 0 Å². The molecular formula is C17H15NOS. The summed E-state index contributed by atoms with van der Waals surface area (Å²) in [6.07, 6.45) is 2.00. The lowest BCUT2D eigenvalue weighted by atomic mass is 10.1. The van der Waals surface area contributed by atoms with Crippen LogP contribution in [0.15, 0.2) is 71.8 Å². The molecule has 2 aromatic rings. The lowest BCUT2D eigenvalue weighted by molar-refractivity contribution is -0.117. The molecule has 0 saturated carbocycles. The predicted molar refractivity (Wildman–Crippen MR) is 84.5 cm³/mol. The minimum absolute atomic E-state index is 0.125. The van der Waals surface area contributed by atoms with Crippen molar-refractivity contribution >= 4 is 23.4 Å². The number of hydrogen-bond donors (Lipinski definition) is 0. The Hall–Kier alpha value is -2.00. The van der Waals surface area contributed by atoms with Gasteiger partial charge in [0.1, 0.15) is 5.25 Å². The Morgan fingerprint density at radius 3 is 2.20 bits per heavy atom. The standard InChI is InChI=1S/C17H15NOS/c1-2-15-18(14-11-7-4-8-12-14)17(19)16(20-15)13-9-5-3-6-10-13/h2-12,16H,1H3/b15-2+. The van der Waals surface area contributed by atoms with E-state index in [0.29, 0.717) is 0 Å². The molecule has 1 fully saturated rings. The smallest absolute Gasteiger partial charge is 0.249 e. The van der Waals surface area contributed by atoms with Crippen molar-refractivity contribution < 1.29 is 4.79 Å². The molecule has 3 rings (SSSR count). The van der Waals surface area contributed by atoms with Crippen molar-refractivity contribution in [2.24, 2.45) is 0 Å². The summed E-state index contributed by atoms with van der Waals surface area (Å²) >= 11 is 1.61. The van der Waals surface area contributed by atoms with E-state index in [4.69, 9.17) is 0 Å². The van der Waals surface area contributed by atoms with Crippen molar-refractivity contribution in [3.63, 3.8) is 0 Å². The number of rotatable bonds is 2. The van der Waals surface area contributed by atoms with Crippen LogP contribution in [0.2, 0.25) is 0 Å². The number of carbonyl (C=O) groups excluding carboxylic acids is 1. The van der Waals surface area contributed by atoms with Crippen LogP contribution in [-0.4, -0.2) is 5.91 Å². The van der Waals surface area contributed by atoms with Crippen LogP contribution in [0.5, 0.6) is 0 Å². The second-order valence-corrected chi connectivity index (χ2v) is 5.67. The third-order valence-electron chi connectivity index (χ3n) is 3.27. The predicted octanol–water partition coefficient (Wildman–Crippen LogP) is 4.37. The topological polar surface area (TPSA) is 20.3 Å². The molecule has 0 aliphatic carbocycles. The van der Waals surface area contributed by atoms with Crippen molar-refractivity contribution in [3.8, 4) is 0 Å². The maximum absolute atomic E-state index is 12.7. The Bertz CT molecular complexity index is 637. The highest BCUT2D eigenvalue weighted by Gasteiger charge is 2.37. The maximum atomic E-state index is 12.7. The molecule has 0 spiro atoms. The fourth-order valence-corrected chi connectivity index (χ4v) is 3.49. The normalized spacial score (nSPS) is 20.6. The Morgan fingerprint density at radius 2 is 1.60 bits per heavy atom. The number of amides is 1. The Kier molecular flexibility index (Phi) is 3.61. The molecule has 1 amide bonds. The van der Waals surface area contributed by atoms with Crippen LogP contribution in [0.3, 0.4) is 0 Å². The van der Waals surface area contributed by atoms with Crippen LogP contribution in [0.1, 0.15) is 17.7 Å². The molecule has 1 atom stereocenters. The molecule has 2 aromatic carbocycles. The second kappa shape index (κ2) is 5.55.